The average molecular weight is 310 g/mol. The lowest BCUT2D eigenvalue weighted by Gasteiger charge is -2.23. The molecule has 2 atom stereocenters. The van der Waals surface area contributed by atoms with Gasteiger partial charge in [0.2, 0.25) is 11.7 Å². The lowest BCUT2D eigenvalue weighted by molar-refractivity contribution is 0.299. The molecule has 6 heteroatoms. The summed E-state index contributed by atoms with van der Waals surface area (Å²) in [7, 11) is 1.64. The van der Waals surface area contributed by atoms with Crippen LogP contribution in [0, 0.1) is 0 Å². The third kappa shape index (κ3) is 3.54. The van der Waals surface area contributed by atoms with Gasteiger partial charge in [0.1, 0.15) is 5.75 Å². The van der Waals surface area contributed by atoms with Gasteiger partial charge in [0.05, 0.1) is 7.11 Å². The fourth-order valence-electron chi connectivity index (χ4n) is 2.73. The molecule has 1 aliphatic rings. The summed E-state index contributed by atoms with van der Waals surface area (Å²) in [6.07, 6.45) is 4.23. The number of nitrogens with zero attached hydrogens (tertiary/aromatic N) is 2. The van der Waals surface area contributed by atoms with E-state index in [-0.39, 0.29) is 18.4 Å². The van der Waals surface area contributed by atoms with E-state index in [1.807, 2.05) is 24.3 Å². The second-order valence-corrected chi connectivity index (χ2v) is 5.31. The van der Waals surface area contributed by atoms with Crippen LogP contribution in [0.5, 0.6) is 5.75 Å². The zero-order valence-corrected chi connectivity index (χ0v) is 12.8. The minimum atomic E-state index is 0. The van der Waals surface area contributed by atoms with E-state index >= 15 is 0 Å². The van der Waals surface area contributed by atoms with Gasteiger partial charge < -0.3 is 15.0 Å². The molecule has 1 fully saturated rings. The van der Waals surface area contributed by atoms with Gasteiger partial charge in [-0.15, -0.1) is 12.4 Å². The molecule has 114 valence electrons. The molecular formula is C15H20ClN3O2. The van der Waals surface area contributed by atoms with Crippen LogP contribution in [0.2, 0.25) is 0 Å². The fourth-order valence-corrected chi connectivity index (χ4v) is 2.73. The van der Waals surface area contributed by atoms with Crippen molar-refractivity contribution in [3.8, 4) is 17.1 Å². The summed E-state index contributed by atoms with van der Waals surface area (Å²) >= 11 is 0. The van der Waals surface area contributed by atoms with Crippen molar-refractivity contribution in [2.45, 2.75) is 37.6 Å². The highest BCUT2D eigenvalue weighted by Crippen LogP contribution is 2.32. The standard InChI is InChI=1S/C15H19N3O2.ClH/c1-19-13-7-3-4-10(9-13)14-17-15(20-18-14)11-5-2-6-12(16)8-11;/h3-4,7,9,11-12H,2,5-6,8,16H2,1H3;1H. The molecule has 2 aromatic rings. The van der Waals surface area contributed by atoms with Gasteiger partial charge in [0.15, 0.2) is 0 Å². The van der Waals surface area contributed by atoms with E-state index in [2.05, 4.69) is 10.1 Å². The predicted molar refractivity (Wildman–Crippen MR) is 82.7 cm³/mol. The SMILES string of the molecule is COc1cccc(-c2noc(C3CCCC(N)C3)n2)c1.Cl. The van der Waals surface area contributed by atoms with Crippen molar-refractivity contribution in [2.24, 2.45) is 5.73 Å². The van der Waals surface area contributed by atoms with Gasteiger partial charge in [0.25, 0.3) is 0 Å². The summed E-state index contributed by atoms with van der Waals surface area (Å²) < 4.78 is 10.6. The summed E-state index contributed by atoms with van der Waals surface area (Å²) in [5.41, 5.74) is 6.91. The van der Waals surface area contributed by atoms with E-state index in [1.165, 1.54) is 0 Å². The van der Waals surface area contributed by atoms with Crippen LogP contribution in [0.4, 0.5) is 0 Å². The van der Waals surface area contributed by atoms with Crippen molar-refractivity contribution in [3.05, 3.63) is 30.2 Å². The molecule has 0 amide bonds. The Morgan fingerprint density at radius 1 is 1.33 bits per heavy atom. The van der Waals surface area contributed by atoms with Crippen LogP contribution in [0.3, 0.4) is 0 Å². The second-order valence-electron chi connectivity index (χ2n) is 5.31. The Labute approximate surface area is 130 Å². The fraction of sp³-hybridized carbons (Fsp3) is 0.467. The third-order valence-electron chi connectivity index (χ3n) is 3.83. The van der Waals surface area contributed by atoms with Crippen molar-refractivity contribution in [1.29, 1.82) is 0 Å². The Morgan fingerprint density at radius 3 is 2.95 bits per heavy atom. The zero-order chi connectivity index (χ0) is 13.9. The first-order chi connectivity index (χ1) is 9.76. The lowest BCUT2D eigenvalue weighted by atomic mass is 9.86. The van der Waals surface area contributed by atoms with E-state index in [9.17, 15) is 0 Å². The van der Waals surface area contributed by atoms with Crippen LogP contribution in [0.15, 0.2) is 28.8 Å². The summed E-state index contributed by atoms with van der Waals surface area (Å²) in [5, 5.41) is 4.08. The first-order valence-corrected chi connectivity index (χ1v) is 7.00. The number of rotatable bonds is 3. The first-order valence-electron chi connectivity index (χ1n) is 7.00. The van der Waals surface area contributed by atoms with Gasteiger partial charge in [0, 0.05) is 17.5 Å². The van der Waals surface area contributed by atoms with Crippen LogP contribution in [-0.4, -0.2) is 23.3 Å². The molecule has 0 bridgehead atoms. The van der Waals surface area contributed by atoms with E-state index in [4.69, 9.17) is 15.0 Å². The number of ether oxygens (including phenoxy) is 1. The molecule has 0 radical (unpaired) electrons. The van der Waals surface area contributed by atoms with Crippen LogP contribution >= 0.6 is 12.4 Å². The average Bonchev–Trinajstić information content (AvgIpc) is 2.97. The van der Waals surface area contributed by atoms with Gasteiger partial charge >= 0.3 is 0 Å². The van der Waals surface area contributed by atoms with Crippen molar-refractivity contribution < 1.29 is 9.26 Å². The molecular weight excluding hydrogens is 290 g/mol. The van der Waals surface area contributed by atoms with Crippen LogP contribution < -0.4 is 10.5 Å². The summed E-state index contributed by atoms with van der Waals surface area (Å²) in [6.45, 7) is 0. The minimum absolute atomic E-state index is 0. The highest BCUT2D eigenvalue weighted by Gasteiger charge is 2.25. The number of nitrogens with two attached hydrogens (primary N) is 1. The Hall–Kier alpha value is -1.59. The Bertz CT molecular complexity index is 588. The van der Waals surface area contributed by atoms with Crippen LogP contribution in [0.25, 0.3) is 11.4 Å². The Kier molecular flexibility index (Phi) is 5.20. The van der Waals surface area contributed by atoms with Crippen LogP contribution in [0.1, 0.15) is 37.5 Å². The van der Waals surface area contributed by atoms with Gasteiger partial charge in [-0.2, -0.15) is 4.98 Å². The normalized spacial score (nSPS) is 21.6. The van der Waals surface area contributed by atoms with Crippen molar-refractivity contribution in [2.75, 3.05) is 7.11 Å². The minimum Gasteiger partial charge on any atom is -0.497 e. The highest BCUT2D eigenvalue weighted by molar-refractivity contribution is 5.85. The maximum atomic E-state index is 6.01. The summed E-state index contributed by atoms with van der Waals surface area (Å²) in [4.78, 5) is 4.53. The van der Waals surface area contributed by atoms with Gasteiger partial charge in [-0.1, -0.05) is 23.7 Å². The predicted octanol–water partition coefficient (Wildman–Crippen LogP) is 3.15. The van der Waals surface area contributed by atoms with E-state index in [0.717, 1.165) is 37.0 Å². The van der Waals surface area contributed by atoms with Crippen molar-refractivity contribution in [1.82, 2.24) is 10.1 Å². The molecule has 2 N–H and O–H groups in total. The van der Waals surface area contributed by atoms with Gasteiger partial charge in [-0.05, 0) is 31.4 Å². The molecule has 21 heavy (non-hydrogen) atoms. The molecule has 3 rings (SSSR count). The largest absolute Gasteiger partial charge is 0.497 e. The summed E-state index contributed by atoms with van der Waals surface area (Å²) in [6, 6.07) is 7.91. The Morgan fingerprint density at radius 2 is 2.19 bits per heavy atom. The monoisotopic (exact) mass is 309 g/mol. The summed E-state index contributed by atoms with van der Waals surface area (Å²) in [5.74, 6) is 2.40. The number of methoxy groups -OCH3 is 1. The smallest absolute Gasteiger partial charge is 0.230 e. The van der Waals surface area contributed by atoms with Gasteiger partial charge in [-0.25, -0.2) is 0 Å². The van der Waals surface area contributed by atoms with E-state index in [1.54, 1.807) is 7.11 Å². The van der Waals surface area contributed by atoms with Crippen molar-refractivity contribution in [3.63, 3.8) is 0 Å². The number of hydrogen-bond donors (Lipinski definition) is 1. The highest BCUT2D eigenvalue weighted by atomic mass is 35.5. The second kappa shape index (κ2) is 6.91. The lowest BCUT2D eigenvalue weighted by Crippen LogP contribution is -2.26. The molecule has 1 aliphatic carbocycles. The molecule has 1 saturated carbocycles. The number of benzene rings is 1. The van der Waals surface area contributed by atoms with Crippen molar-refractivity contribution >= 4 is 12.4 Å². The number of aromatic nitrogens is 2. The quantitative estimate of drug-likeness (QED) is 0.942. The molecule has 5 nitrogen and oxygen atoms in total. The molecule has 0 spiro atoms. The molecule has 2 unspecified atom stereocenters. The van der Waals surface area contributed by atoms with Gasteiger partial charge in [-0.3, -0.25) is 0 Å². The third-order valence-corrected chi connectivity index (χ3v) is 3.83. The van der Waals surface area contributed by atoms with E-state index < -0.39 is 0 Å². The maximum Gasteiger partial charge on any atom is 0.230 e. The topological polar surface area (TPSA) is 74.2 Å². The number of hydrogen-bond acceptors (Lipinski definition) is 5. The van der Waals surface area contributed by atoms with Crippen LogP contribution in [-0.2, 0) is 0 Å². The number of halogens is 1. The zero-order valence-electron chi connectivity index (χ0n) is 12.0. The molecule has 0 saturated heterocycles. The molecule has 1 heterocycles. The van der Waals surface area contributed by atoms with E-state index in [0.29, 0.717) is 17.6 Å². The maximum absolute atomic E-state index is 6.01. The molecule has 1 aromatic carbocycles. The molecule has 1 aromatic heterocycles. The first kappa shape index (κ1) is 15.8. The molecule has 0 aliphatic heterocycles. The Balaban J connectivity index is 0.00000161.